The average Bonchev–Trinajstić information content (AvgIpc) is 2.82. The lowest BCUT2D eigenvalue weighted by molar-refractivity contribution is -0.201. The van der Waals surface area contributed by atoms with Gasteiger partial charge in [-0.15, -0.1) is 0 Å². The Labute approximate surface area is 191 Å². The Kier molecular flexibility index (Phi) is 7.04. The SMILES string of the molecule is COc1cccc(C(=O)c2ncc(CC(=O)OC(=O)C(F)(F)F)c3cc(OC)c(OC)cc23)c1. The number of carbonyl (C=O) groups excluding carboxylic acids is 3. The van der Waals surface area contributed by atoms with E-state index >= 15 is 0 Å². The molecule has 0 spiro atoms. The van der Waals surface area contributed by atoms with Crippen molar-refractivity contribution in [1.82, 2.24) is 4.98 Å². The van der Waals surface area contributed by atoms with Gasteiger partial charge in [0.15, 0.2) is 11.5 Å². The van der Waals surface area contributed by atoms with Crippen LogP contribution in [0.15, 0.2) is 42.6 Å². The Bertz CT molecular complexity index is 1270. The molecule has 0 bridgehead atoms. The van der Waals surface area contributed by atoms with Crippen molar-refractivity contribution in [3.63, 3.8) is 0 Å². The molecule has 3 aromatic rings. The highest BCUT2D eigenvalue weighted by Crippen LogP contribution is 2.35. The van der Waals surface area contributed by atoms with Crippen molar-refractivity contribution in [1.29, 1.82) is 0 Å². The van der Waals surface area contributed by atoms with Crippen molar-refractivity contribution in [2.45, 2.75) is 12.6 Å². The number of methoxy groups -OCH3 is 3. The second kappa shape index (κ2) is 9.77. The zero-order chi connectivity index (χ0) is 25.0. The number of rotatable bonds is 7. The topological polar surface area (TPSA) is 101 Å². The number of pyridine rings is 1. The van der Waals surface area contributed by atoms with Crippen LogP contribution in [0, 0.1) is 0 Å². The molecule has 1 heterocycles. The number of hydrogen-bond donors (Lipinski definition) is 0. The number of carbonyl (C=O) groups is 3. The summed E-state index contributed by atoms with van der Waals surface area (Å²) in [6, 6.07) is 9.28. The van der Waals surface area contributed by atoms with Crippen LogP contribution in [-0.4, -0.2) is 50.2 Å². The molecule has 0 aliphatic carbocycles. The van der Waals surface area contributed by atoms with Gasteiger partial charge < -0.3 is 18.9 Å². The molecule has 2 aromatic carbocycles. The summed E-state index contributed by atoms with van der Waals surface area (Å²) in [6.07, 6.45) is -4.88. The van der Waals surface area contributed by atoms with E-state index in [4.69, 9.17) is 14.2 Å². The van der Waals surface area contributed by atoms with Gasteiger partial charge in [-0.2, -0.15) is 13.2 Å². The predicted octanol–water partition coefficient (Wildman–Crippen LogP) is 3.67. The van der Waals surface area contributed by atoms with E-state index < -0.39 is 30.3 Å². The monoisotopic (exact) mass is 477 g/mol. The molecule has 8 nitrogen and oxygen atoms in total. The zero-order valence-electron chi connectivity index (χ0n) is 18.2. The fourth-order valence-corrected chi connectivity index (χ4v) is 3.20. The number of nitrogens with zero attached hydrogens (tertiary/aromatic N) is 1. The van der Waals surface area contributed by atoms with Gasteiger partial charge in [0.2, 0.25) is 5.78 Å². The zero-order valence-corrected chi connectivity index (χ0v) is 18.2. The Morgan fingerprint density at radius 2 is 1.56 bits per heavy atom. The molecule has 0 amide bonds. The van der Waals surface area contributed by atoms with Crippen molar-refractivity contribution in [2.24, 2.45) is 0 Å². The number of ether oxygens (including phenoxy) is 4. The molecule has 3 rings (SSSR count). The third-order valence-corrected chi connectivity index (χ3v) is 4.79. The lowest BCUT2D eigenvalue weighted by Gasteiger charge is -2.14. The smallest absolute Gasteiger partial charge is 0.491 e. The second-order valence-corrected chi connectivity index (χ2v) is 6.88. The van der Waals surface area contributed by atoms with Crippen LogP contribution in [-0.2, 0) is 20.7 Å². The Morgan fingerprint density at radius 3 is 2.15 bits per heavy atom. The summed E-state index contributed by atoms with van der Waals surface area (Å²) in [4.78, 5) is 40.4. The normalized spacial score (nSPS) is 11.1. The molecule has 34 heavy (non-hydrogen) atoms. The number of benzene rings is 2. The molecule has 1 aromatic heterocycles. The molecule has 0 fully saturated rings. The van der Waals surface area contributed by atoms with Gasteiger partial charge in [0, 0.05) is 17.1 Å². The molecule has 178 valence electrons. The van der Waals surface area contributed by atoms with Crippen molar-refractivity contribution in [2.75, 3.05) is 21.3 Å². The third kappa shape index (κ3) is 5.08. The minimum Gasteiger partial charge on any atom is -0.497 e. The van der Waals surface area contributed by atoms with Crippen LogP contribution in [0.25, 0.3) is 10.8 Å². The van der Waals surface area contributed by atoms with E-state index in [9.17, 15) is 27.6 Å². The van der Waals surface area contributed by atoms with Crippen molar-refractivity contribution < 1.29 is 46.5 Å². The molecule has 0 aliphatic heterocycles. The van der Waals surface area contributed by atoms with E-state index in [1.54, 1.807) is 18.2 Å². The van der Waals surface area contributed by atoms with Gasteiger partial charge >= 0.3 is 18.1 Å². The molecular weight excluding hydrogens is 459 g/mol. The number of ketones is 1. The molecule has 0 radical (unpaired) electrons. The second-order valence-electron chi connectivity index (χ2n) is 6.88. The van der Waals surface area contributed by atoms with Crippen LogP contribution in [0.4, 0.5) is 13.2 Å². The van der Waals surface area contributed by atoms with Crippen LogP contribution in [0.3, 0.4) is 0 Å². The predicted molar refractivity (Wildman–Crippen MR) is 112 cm³/mol. The molecule has 11 heteroatoms. The summed E-state index contributed by atoms with van der Waals surface area (Å²) < 4.78 is 56.8. The minimum absolute atomic E-state index is 0.00677. The number of esters is 2. The van der Waals surface area contributed by atoms with E-state index in [2.05, 4.69) is 9.72 Å². The van der Waals surface area contributed by atoms with Gasteiger partial charge in [0.1, 0.15) is 11.4 Å². The first kappa shape index (κ1) is 24.5. The molecule has 0 atom stereocenters. The van der Waals surface area contributed by atoms with E-state index in [1.165, 1.54) is 39.5 Å². The largest absolute Gasteiger partial charge is 0.497 e. The average molecular weight is 477 g/mol. The van der Waals surface area contributed by atoms with Crippen molar-refractivity contribution in [3.05, 3.63) is 59.4 Å². The number of halogens is 3. The van der Waals surface area contributed by atoms with Crippen LogP contribution >= 0.6 is 0 Å². The Balaban J connectivity index is 2.11. The summed E-state index contributed by atoms with van der Waals surface area (Å²) in [5.74, 6) is -3.60. The van der Waals surface area contributed by atoms with E-state index in [0.717, 1.165) is 6.20 Å². The van der Waals surface area contributed by atoms with E-state index in [-0.39, 0.29) is 39.1 Å². The van der Waals surface area contributed by atoms with E-state index in [1.807, 2.05) is 0 Å². The highest BCUT2D eigenvalue weighted by Gasteiger charge is 2.42. The van der Waals surface area contributed by atoms with Gasteiger partial charge in [0.25, 0.3) is 0 Å². The Morgan fingerprint density at radius 1 is 0.912 bits per heavy atom. The Hall–Kier alpha value is -4.15. The molecule has 0 N–H and O–H groups in total. The van der Waals surface area contributed by atoms with Gasteiger partial charge in [-0.05, 0) is 35.2 Å². The maximum absolute atomic E-state index is 13.2. The van der Waals surface area contributed by atoms with Crippen LogP contribution < -0.4 is 14.2 Å². The summed E-state index contributed by atoms with van der Waals surface area (Å²) in [7, 11) is 4.19. The van der Waals surface area contributed by atoms with Gasteiger partial charge in [-0.25, -0.2) is 4.79 Å². The standard InChI is InChI=1S/C23H18F3NO7/c1-31-14-6-4-5-12(7-14)21(29)20-16-10-18(33-3)17(32-2)9-15(16)13(11-27-20)8-19(28)34-22(30)23(24,25)26/h4-7,9-11H,8H2,1-3H3. The van der Waals surface area contributed by atoms with Crippen LogP contribution in [0.1, 0.15) is 21.6 Å². The number of hydrogen-bond acceptors (Lipinski definition) is 8. The first-order chi connectivity index (χ1) is 16.1. The summed E-state index contributed by atoms with van der Waals surface area (Å²) in [5, 5.41) is 0.522. The first-order valence-electron chi connectivity index (χ1n) is 9.63. The number of fused-ring (bicyclic) bond motifs is 1. The fourth-order valence-electron chi connectivity index (χ4n) is 3.20. The summed E-state index contributed by atoms with van der Waals surface area (Å²) in [5.41, 5.74) is 0.372. The van der Waals surface area contributed by atoms with E-state index in [0.29, 0.717) is 5.75 Å². The quantitative estimate of drug-likeness (QED) is 0.289. The van der Waals surface area contributed by atoms with Gasteiger partial charge in [-0.1, -0.05) is 12.1 Å². The van der Waals surface area contributed by atoms with Gasteiger partial charge in [0.05, 0.1) is 27.8 Å². The highest BCUT2D eigenvalue weighted by molar-refractivity contribution is 6.16. The molecule has 0 saturated heterocycles. The fraction of sp³-hybridized carbons (Fsp3) is 0.217. The first-order valence-corrected chi connectivity index (χ1v) is 9.63. The van der Waals surface area contributed by atoms with Crippen LogP contribution in [0.5, 0.6) is 17.2 Å². The summed E-state index contributed by atoms with van der Waals surface area (Å²) >= 11 is 0. The van der Waals surface area contributed by atoms with Crippen molar-refractivity contribution in [3.8, 4) is 17.2 Å². The number of aromatic nitrogens is 1. The number of alkyl halides is 3. The van der Waals surface area contributed by atoms with Gasteiger partial charge in [-0.3, -0.25) is 14.6 Å². The molecule has 0 aliphatic rings. The molecule has 0 saturated carbocycles. The lowest BCUT2D eigenvalue weighted by atomic mass is 9.98. The highest BCUT2D eigenvalue weighted by atomic mass is 19.4. The molecule has 0 unspecified atom stereocenters. The van der Waals surface area contributed by atoms with Crippen molar-refractivity contribution >= 4 is 28.5 Å². The van der Waals surface area contributed by atoms with Crippen LogP contribution in [0.2, 0.25) is 0 Å². The minimum atomic E-state index is -5.32. The third-order valence-electron chi connectivity index (χ3n) is 4.79. The molecular formula is C23H18F3NO7. The summed E-state index contributed by atoms with van der Waals surface area (Å²) in [6.45, 7) is 0. The lowest BCUT2D eigenvalue weighted by Crippen LogP contribution is -2.28. The maximum Gasteiger partial charge on any atom is 0.491 e. The maximum atomic E-state index is 13.2.